The predicted molar refractivity (Wildman–Crippen MR) is 83.9 cm³/mol. The largest absolute Gasteiger partial charge is 0.496 e. The van der Waals surface area contributed by atoms with E-state index in [1.165, 1.54) is 0 Å². The number of nitrogen functional groups attached to an aromatic ring is 1. The quantitative estimate of drug-likeness (QED) is 0.657. The molecule has 1 fully saturated rings. The first-order valence-corrected chi connectivity index (χ1v) is 7.22. The van der Waals surface area contributed by atoms with Crippen LogP contribution in [-0.4, -0.2) is 42.6 Å². The molecule has 0 aliphatic carbocycles. The van der Waals surface area contributed by atoms with Crippen LogP contribution in [0.15, 0.2) is 18.2 Å². The second-order valence-electron chi connectivity index (χ2n) is 6.31. The predicted octanol–water partition coefficient (Wildman–Crippen LogP) is 1.98. The minimum Gasteiger partial charge on any atom is -0.496 e. The number of nitrogens with one attached hydrogen (secondary N) is 1. The molecule has 21 heavy (non-hydrogen) atoms. The number of hydrogen-bond acceptors (Lipinski definition) is 4. The molecule has 5 nitrogen and oxygen atoms in total. The van der Waals surface area contributed by atoms with E-state index in [4.69, 9.17) is 20.6 Å². The summed E-state index contributed by atoms with van der Waals surface area (Å²) < 4.78 is 11.3. The van der Waals surface area contributed by atoms with E-state index in [2.05, 4.69) is 25.7 Å². The third kappa shape index (κ3) is 3.95. The summed E-state index contributed by atoms with van der Waals surface area (Å²) in [5.74, 6) is 0.681. The average molecular weight is 291 g/mol. The normalized spacial score (nSPS) is 22.0. The number of nitrogens with two attached hydrogens (primary N) is 1. The molecule has 3 N–H and O–H groups in total. The summed E-state index contributed by atoms with van der Waals surface area (Å²) in [7, 11) is 1.60. The van der Waals surface area contributed by atoms with E-state index < -0.39 is 0 Å². The van der Waals surface area contributed by atoms with Gasteiger partial charge in [0.05, 0.1) is 24.4 Å². The van der Waals surface area contributed by atoms with Crippen LogP contribution in [0.3, 0.4) is 0 Å². The van der Waals surface area contributed by atoms with Crippen molar-refractivity contribution in [2.45, 2.75) is 39.0 Å². The van der Waals surface area contributed by atoms with Crippen molar-refractivity contribution >= 4 is 5.84 Å². The Labute approximate surface area is 126 Å². The second kappa shape index (κ2) is 6.03. The Morgan fingerprint density at radius 1 is 1.52 bits per heavy atom. The molecule has 0 amide bonds. The van der Waals surface area contributed by atoms with E-state index in [0.29, 0.717) is 11.3 Å². The van der Waals surface area contributed by atoms with Crippen LogP contribution in [-0.2, 0) is 11.3 Å². The van der Waals surface area contributed by atoms with Crippen molar-refractivity contribution in [3.8, 4) is 5.75 Å². The molecule has 0 aromatic heterocycles. The zero-order valence-electron chi connectivity index (χ0n) is 13.3. The molecule has 0 saturated carbocycles. The summed E-state index contributed by atoms with van der Waals surface area (Å²) in [5.41, 5.74) is 7.22. The van der Waals surface area contributed by atoms with Crippen LogP contribution in [0.4, 0.5) is 0 Å². The first-order chi connectivity index (χ1) is 9.80. The highest BCUT2D eigenvalue weighted by atomic mass is 16.5. The molecule has 2 rings (SSSR count). The lowest BCUT2D eigenvalue weighted by atomic mass is 10.0. The summed E-state index contributed by atoms with van der Waals surface area (Å²) in [5, 5.41) is 7.55. The molecule has 1 aliphatic heterocycles. The maximum atomic E-state index is 7.55. The zero-order valence-corrected chi connectivity index (χ0v) is 13.3. The number of rotatable bonds is 4. The first-order valence-electron chi connectivity index (χ1n) is 7.22. The molecule has 1 aliphatic rings. The topological polar surface area (TPSA) is 71.6 Å². The Hall–Kier alpha value is -1.59. The maximum absolute atomic E-state index is 7.55. The van der Waals surface area contributed by atoms with Gasteiger partial charge in [0.15, 0.2) is 0 Å². The van der Waals surface area contributed by atoms with Crippen molar-refractivity contribution in [1.29, 1.82) is 5.41 Å². The Morgan fingerprint density at radius 2 is 2.24 bits per heavy atom. The maximum Gasteiger partial charge on any atom is 0.130 e. The van der Waals surface area contributed by atoms with Gasteiger partial charge in [-0.05, 0) is 38.5 Å². The molecule has 1 atom stereocenters. The summed E-state index contributed by atoms with van der Waals surface area (Å²) in [4.78, 5) is 2.39. The van der Waals surface area contributed by atoms with Crippen molar-refractivity contribution in [2.24, 2.45) is 5.73 Å². The zero-order chi connectivity index (χ0) is 15.6. The number of amidine groups is 1. The lowest BCUT2D eigenvalue weighted by Gasteiger charge is -2.41. The van der Waals surface area contributed by atoms with E-state index in [1.807, 2.05) is 18.2 Å². The molecule has 0 bridgehead atoms. The highest BCUT2D eigenvalue weighted by Crippen LogP contribution is 2.25. The third-order valence-corrected chi connectivity index (χ3v) is 3.60. The summed E-state index contributed by atoms with van der Waals surface area (Å²) in [6.07, 6.45) is 0.229. The standard InChI is InChI=1S/C16H25N3O2/c1-11-8-19(10-16(2,3)21-11)9-12-5-6-13(15(17)18)14(7-12)20-4/h5-7,11H,8-10H2,1-4H3,(H3,17,18). The van der Waals surface area contributed by atoms with Gasteiger partial charge < -0.3 is 15.2 Å². The third-order valence-electron chi connectivity index (χ3n) is 3.60. The first kappa shape index (κ1) is 15.8. The van der Waals surface area contributed by atoms with Gasteiger partial charge in [-0.3, -0.25) is 10.3 Å². The number of benzene rings is 1. The number of hydrogen-bond donors (Lipinski definition) is 2. The summed E-state index contributed by atoms with van der Waals surface area (Å²) >= 11 is 0. The molecule has 1 saturated heterocycles. The molecule has 1 heterocycles. The van der Waals surface area contributed by atoms with Crippen molar-refractivity contribution in [2.75, 3.05) is 20.2 Å². The van der Waals surface area contributed by atoms with Crippen molar-refractivity contribution in [1.82, 2.24) is 4.90 Å². The van der Waals surface area contributed by atoms with Crippen molar-refractivity contribution in [3.63, 3.8) is 0 Å². The van der Waals surface area contributed by atoms with E-state index in [0.717, 1.165) is 25.2 Å². The number of nitrogens with zero attached hydrogens (tertiary/aromatic N) is 1. The summed E-state index contributed by atoms with van der Waals surface area (Å²) in [6.45, 7) is 9.00. The Morgan fingerprint density at radius 3 is 2.81 bits per heavy atom. The van der Waals surface area contributed by atoms with Gasteiger partial charge in [-0.25, -0.2) is 0 Å². The van der Waals surface area contributed by atoms with Gasteiger partial charge in [-0.2, -0.15) is 0 Å². The molecular formula is C16H25N3O2. The van der Waals surface area contributed by atoms with E-state index >= 15 is 0 Å². The highest BCUT2D eigenvalue weighted by molar-refractivity contribution is 5.97. The van der Waals surface area contributed by atoms with Crippen LogP contribution in [0.1, 0.15) is 31.9 Å². The van der Waals surface area contributed by atoms with Gasteiger partial charge in [-0.15, -0.1) is 0 Å². The van der Waals surface area contributed by atoms with Gasteiger partial charge in [0, 0.05) is 19.6 Å². The van der Waals surface area contributed by atoms with Gasteiger partial charge in [0.1, 0.15) is 11.6 Å². The van der Waals surface area contributed by atoms with E-state index in [9.17, 15) is 0 Å². The van der Waals surface area contributed by atoms with Crippen LogP contribution in [0.25, 0.3) is 0 Å². The fourth-order valence-electron chi connectivity index (χ4n) is 3.02. The van der Waals surface area contributed by atoms with Gasteiger partial charge >= 0.3 is 0 Å². The molecule has 5 heteroatoms. The molecule has 0 radical (unpaired) electrons. The number of ether oxygens (including phenoxy) is 2. The monoisotopic (exact) mass is 291 g/mol. The SMILES string of the molecule is COc1cc(CN2CC(C)OC(C)(C)C2)ccc1C(=N)N. The van der Waals surface area contributed by atoms with Gasteiger partial charge in [0.2, 0.25) is 0 Å². The van der Waals surface area contributed by atoms with Crippen molar-refractivity contribution in [3.05, 3.63) is 29.3 Å². The van der Waals surface area contributed by atoms with Crippen LogP contribution >= 0.6 is 0 Å². The van der Waals surface area contributed by atoms with E-state index in [-0.39, 0.29) is 17.5 Å². The van der Waals surface area contributed by atoms with Crippen LogP contribution < -0.4 is 10.5 Å². The van der Waals surface area contributed by atoms with Crippen molar-refractivity contribution < 1.29 is 9.47 Å². The average Bonchev–Trinajstić information content (AvgIpc) is 2.35. The smallest absolute Gasteiger partial charge is 0.130 e. The summed E-state index contributed by atoms with van der Waals surface area (Å²) in [6, 6.07) is 5.82. The molecular weight excluding hydrogens is 266 g/mol. The second-order valence-corrected chi connectivity index (χ2v) is 6.31. The van der Waals surface area contributed by atoms with Gasteiger partial charge in [0.25, 0.3) is 0 Å². The van der Waals surface area contributed by atoms with Crippen LogP contribution in [0.2, 0.25) is 0 Å². The minimum absolute atomic E-state index is 0.0273. The Bertz CT molecular complexity index is 528. The van der Waals surface area contributed by atoms with E-state index in [1.54, 1.807) is 7.11 Å². The number of morpholine rings is 1. The molecule has 1 aromatic carbocycles. The molecule has 116 valence electrons. The molecule has 0 spiro atoms. The van der Waals surface area contributed by atoms with Gasteiger partial charge in [-0.1, -0.05) is 6.07 Å². The Balaban J connectivity index is 2.14. The molecule has 1 aromatic rings. The lowest BCUT2D eigenvalue weighted by molar-refractivity contribution is -0.130. The fourth-order valence-corrected chi connectivity index (χ4v) is 3.02. The fraction of sp³-hybridized carbons (Fsp3) is 0.562. The Kier molecular flexibility index (Phi) is 4.54. The van der Waals surface area contributed by atoms with Crippen LogP contribution in [0, 0.1) is 5.41 Å². The highest BCUT2D eigenvalue weighted by Gasteiger charge is 2.31. The van der Waals surface area contributed by atoms with Crippen LogP contribution in [0.5, 0.6) is 5.75 Å². The minimum atomic E-state index is -0.124. The molecule has 1 unspecified atom stereocenters. The number of methoxy groups -OCH3 is 1. The lowest BCUT2D eigenvalue weighted by Crippen LogP contribution is -2.51.